The quantitative estimate of drug-likeness (QED) is 0.246. The summed E-state index contributed by atoms with van der Waals surface area (Å²) in [7, 11) is 0. The van der Waals surface area contributed by atoms with Gasteiger partial charge in [0, 0.05) is 60.6 Å². The molecule has 2 aromatic carbocycles. The SMILES string of the molecule is N[C@@H]1C[C@H](N)CN(c2nc(Nc3ccc(NC(=O)c4ccc(Cl)cc4)c(O)c3)nc(N3CCCC(O)C3)n2)C1. The summed E-state index contributed by atoms with van der Waals surface area (Å²) in [5.41, 5.74) is 13.6. The van der Waals surface area contributed by atoms with Crippen molar-refractivity contribution in [1.29, 1.82) is 0 Å². The van der Waals surface area contributed by atoms with Gasteiger partial charge in [-0.25, -0.2) is 0 Å². The number of halogens is 1. The van der Waals surface area contributed by atoms with E-state index in [2.05, 4.69) is 25.6 Å². The summed E-state index contributed by atoms with van der Waals surface area (Å²) < 4.78 is 0. The Hall–Kier alpha value is -3.71. The summed E-state index contributed by atoms with van der Waals surface area (Å²) in [5.74, 6) is 0.620. The zero-order chi connectivity index (χ0) is 27.5. The number of anilines is 5. The van der Waals surface area contributed by atoms with E-state index in [1.54, 1.807) is 36.4 Å². The number of phenolic OH excluding ortho intramolecular Hbond substituents is 1. The molecule has 0 radical (unpaired) electrons. The number of hydrogen-bond donors (Lipinski definition) is 6. The highest BCUT2D eigenvalue weighted by Crippen LogP contribution is 2.30. The van der Waals surface area contributed by atoms with Gasteiger partial charge in [0.1, 0.15) is 5.75 Å². The van der Waals surface area contributed by atoms with E-state index in [0.717, 1.165) is 19.3 Å². The second-order valence-corrected chi connectivity index (χ2v) is 10.4. The number of aromatic hydroxyl groups is 1. The normalized spacial score (nSPS) is 21.5. The Labute approximate surface area is 231 Å². The lowest BCUT2D eigenvalue weighted by atomic mass is 10.0. The van der Waals surface area contributed by atoms with Crippen LogP contribution in [0.25, 0.3) is 0 Å². The number of amides is 1. The molecule has 206 valence electrons. The van der Waals surface area contributed by atoms with Crippen molar-refractivity contribution in [1.82, 2.24) is 15.0 Å². The number of aliphatic hydroxyl groups is 1. The highest BCUT2D eigenvalue weighted by atomic mass is 35.5. The summed E-state index contributed by atoms with van der Waals surface area (Å²) in [6.45, 7) is 2.25. The van der Waals surface area contributed by atoms with Gasteiger partial charge >= 0.3 is 0 Å². The molecule has 3 aromatic rings. The van der Waals surface area contributed by atoms with Gasteiger partial charge < -0.3 is 42.1 Å². The van der Waals surface area contributed by atoms with E-state index in [1.807, 2.05) is 9.80 Å². The van der Waals surface area contributed by atoms with Crippen LogP contribution in [0.1, 0.15) is 29.6 Å². The molecule has 1 unspecified atom stereocenters. The van der Waals surface area contributed by atoms with Crippen molar-refractivity contribution in [3.63, 3.8) is 0 Å². The molecule has 12 nitrogen and oxygen atoms in total. The summed E-state index contributed by atoms with van der Waals surface area (Å²) in [6, 6.07) is 11.0. The number of β-amino-alcohol motifs (C(OH)–C–C–N with tert-alkyl or cyclic N) is 1. The largest absolute Gasteiger partial charge is 0.506 e. The first-order chi connectivity index (χ1) is 18.7. The fourth-order valence-corrected chi connectivity index (χ4v) is 4.94. The van der Waals surface area contributed by atoms with Crippen LogP contribution < -0.4 is 31.9 Å². The van der Waals surface area contributed by atoms with Crippen molar-refractivity contribution in [2.45, 2.75) is 37.5 Å². The fraction of sp³-hybridized carbons (Fsp3) is 0.385. The Bertz CT molecular complexity index is 1320. The first-order valence-electron chi connectivity index (χ1n) is 12.9. The molecule has 8 N–H and O–H groups in total. The maximum absolute atomic E-state index is 12.5. The Morgan fingerprint density at radius 1 is 0.974 bits per heavy atom. The highest BCUT2D eigenvalue weighted by Gasteiger charge is 2.27. The van der Waals surface area contributed by atoms with Crippen LogP contribution in [-0.4, -0.2) is 75.4 Å². The van der Waals surface area contributed by atoms with Gasteiger partial charge in [-0.05, 0) is 55.7 Å². The average Bonchev–Trinajstić information content (AvgIpc) is 2.90. The van der Waals surface area contributed by atoms with E-state index >= 15 is 0 Å². The molecule has 0 bridgehead atoms. The molecule has 13 heteroatoms. The number of nitrogens with two attached hydrogens (primary N) is 2. The van der Waals surface area contributed by atoms with Crippen LogP contribution in [0.4, 0.5) is 29.2 Å². The Morgan fingerprint density at radius 2 is 1.67 bits per heavy atom. The van der Waals surface area contributed by atoms with Gasteiger partial charge in [0.05, 0.1) is 11.8 Å². The molecule has 5 rings (SSSR count). The number of piperidine rings is 2. The maximum Gasteiger partial charge on any atom is 0.255 e. The van der Waals surface area contributed by atoms with Gasteiger partial charge in [0.25, 0.3) is 5.91 Å². The number of hydrogen-bond acceptors (Lipinski definition) is 11. The van der Waals surface area contributed by atoms with Gasteiger partial charge in [-0.15, -0.1) is 0 Å². The number of carbonyl (C=O) groups is 1. The van der Waals surface area contributed by atoms with Crippen LogP contribution >= 0.6 is 11.6 Å². The molecule has 1 amide bonds. The van der Waals surface area contributed by atoms with E-state index < -0.39 is 6.10 Å². The number of aromatic nitrogens is 3. The zero-order valence-corrected chi connectivity index (χ0v) is 22.1. The predicted octanol–water partition coefficient (Wildman–Crippen LogP) is 2.05. The number of phenols is 1. The highest BCUT2D eigenvalue weighted by molar-refractivity contribution is 6.30. The van der Waals surface area contributed by atoms with E-state index in [0.29, 0.717) is 54.3 Å². The number of benzene rings is 2. The van der Waals surface area contributed by atoms with Crippen molar-refractivity contribution >= 4 is 46.7 Å². The van der Waals surface area contributed by atoms with E-state index in [-0.39, 0.29) is 35.4 Å². The third-order valence-electron chi connectivity index (χ3n) is 6.70. The lowest BCUT2D eigenvalue weighted by Crippen LogP contribution is -2.53. The fourth-order valence-electron chi connectivity index (χ4n) is 4.81. The molecule has 3 heterocycles. The standard InChI is InChI=1S/C26H32ClN9O3/c27-16-5-3-15(4-6-16)23(39)31-21-8-7-19(11-22(21)38)30-24-32-25(35-9-1-2-20(37)14-35)34-26(33-24)36-12-17(28)10-18(29)13-36/h3-8,11,17-18,20,37-38H,1-2,9-10,12-14,28-29H2,(H,31,39)(H,30,32,33,34)/t17-,18+,20?. The smallest absolute Gasteiger partial charge is 0.255 e. The lowest BCUT2D eigenvalue weighted by Gasteiger charge is -2.35. The molecule has 39 heavy (non-hydrogen) atoms. The van der Waals surface area contributed by atoms with Crippen molar-refractivity contribution in [3.8, 4) is 5.75 Å². The maximum atomic E-state index is 12.5. The lowest BCUT2D eigenvalue weighted by molar-refractivity contribution is 0.102. The molecule has 2 aliphatic rings. The van der Waals surface area contributed by atoms with E-state index in [4.69, 9.17) is 23.1 Å². The minimum Gasteiger partial charge on any atom is -0.506 e. The van der Waals surface area contributed by atoms with Crippen LogP contribution in [0.3, 0.4) is 0 Å². The number of aliphatic hydroxyl groups excluding tert-OH is 1. The number of nitrogens with one attached hydrogen (secondary N) is 2. The van der Waals surface area contributed by atoms with Crippen molar-refractivity contribution < 1.29 is 15.0 Å². The summed E-state index contributed by atoms with van der Waals surface area (Å²) >= 11 is 5.89. The van der Waals surface area contributed by atoms with Crippen LogP contribution in [0.5, 0.6) is 5.75 Å². The number of nitrogens with zero attached hydrogens (tertiary/aromatic N) is 5. The van der Waals surface area contributed by atoms with Crippen molar-refractivity contribution in [2.75, 3.05) is 46.6 Å². The predicted molar refractivity (Wildman–Crippen MR) is 151 cm³/mol. The molecule has 2 fully saturated rings. The van der Waals surface area contributed by atoms with Crippen molar-refractivity contribution in [3.05, 3.63) is 53.1 Å². The Balaban J connectivity index is 1.38. The topological polar surface area (TPSA) is 179 Å². The molecule has 3 atom stereocenters. The van der Waals surface area contributed by atoms with E-state index in [9.17, 15) is 15.0 Å². The molecule has 0 saturated carbocycles. The minimum atomic E-state index is -0.459. The van der Waals surface area contributed by atoms with Gasteiger partial charge in [-0.2, -0.15) is 15.0 Å². The summed E-state index contributed by atoms with van der Waals surface area (Å²) in [6.07, 6.45) is 1.81. The molecular formula is C26H32ClN9O3. The zero-order valence-electron chi connectivity index (χ0n) is 21.3. The first-order valence-corrected chi connectivity index (χ1v) is 13.2. The van der Waals surface area contributed by atoms with Crippen molar-refractivity contribution in [2.24, 2.45) is 11.5 Å². The van der Waals surface area contributed by atoms with Crippen LogP contribution in [0.15, 0.2) is 42.5 Å². The van der Waals surface area contributed by atoms with Crippen LogP contribution in [-0.2, 0) is 0 Å². The van der Waals surface area contributed by atoms with E-state index in [1.165, 1.54) is 6.07 Å². The Morgan fingerprint density at radius 3 is 2.33 bits per heavy atom. The number of carbonyl (C=O) groups excluding carboxylic acids is 1. The molecular weight excluding hydrogens is 522 g/mol. The van der Waals surface area contributed by atoms with Gasteiger partial charge in [0.2, 0.25) is 17.8 Å². The summed E-state index contributed by atoms with van der Waals surface area (Å²) in [5, 5.41) is 27.2. The van der Waals surface area contributed by atoms with Crippen LogP contribution in [0, 0.1) is 0 Å². The minimum absolute atomic E-state index is 0.102. The molecule has 2 aliphatic heterocycles. The first kappa shape index (κ1) is 26.9. The van der Waals surface area contributed by atoms with Gasteiger partial charge in [0.15, 0.2) is 0 Å². The molecule has 2 saturated heterocycles. The third kappa shape index (κ3) is 6.66. The van der Waals surface area contributed by atoms with Gasteiger partial charge in [-0.3, -0.25) is 4.79 Å². The monoisotopic (exact) mass is 553 g/mol. The van der Waals surface area contributed by atoms with Crippen LogP contribution in [0.2, 0.25) is 5.02 Å². The summed E-state index contributed by atoms with van der Waals surface area (Å²) in [4.78, 5) is 30.3. The second-order valence-electron chi connectivity index (χ2n) is 9.98. The average molecular weight is 554 g/mol. The molecule has 1 aromatic heterocycles. The second kappa shape index (κ2) is 11.6. The third-order valence-corrected chi connectivity index (χ3v) is 6.95. The molecule has 0 aliphatic carbocycles. The number of rotatable bonds is 6. The molecule has 0 spiro atoms. The van der Waals surface area contributed by atoms with Gasteiger partial charge in [-0.1, -0.05) is 11.6 Å². The Kier molecular flexibility index (Phi) is 7.98.